The number of rotatable bonds is 15. The van der Waals surface area contributed by atoms with Crippen molar-refractivity contribution in [3.63, 3.8) is 0 Å². The van der Waals surface area contributed by atoms with Crippen LogP contribution >= 0.6 is 0 Å². The molecule has 3 aliphatic rings. The Morgan fingerprint density at radius 3 is 1.80 bits per heavy atom. The third kappa shape index (κ3) is 7.97. The van der Waals surface area contributed by atoms with E-state index in [0.29, 0.717) is 12.1 Å². The van der Waals surface area contributed by atoms with Crippen LogP contribution in [0.25, 0.3) is 11.1 Å². The van der Waals surface area contributed by atoms with Crippen LogP contribution in [-0.4, -0.2) is 59.2 Å². The Bertz CT molecular complexity index is 2010. The number of fused-ring (bicyclic) bond motifs is 3. The second kappa shape index (κ2) is 14.3. The van der Waals surface area contributed by atoms with Crippen LogP contribution in [0.4, 0.5) is 0 Å². The van der Waals surface area contributed by atoms with Crippen LogP contribution in [0, 0.1) is 0 Å². The van der Waals surface area contributed by atoms with Crippen LogP contribution in [0.15, 0.2) is 84.9 Å². The van der Waals surface area contributed by atoms with E-state index in [0.717, 1.165) is 25.4 Å². The molecule has 55 heavy (non-hydrogen) atoms. The first-order valence-corrected chi connectivity index (χ1v) is 33.1. The highest BCUT2D eigenvalue weighted by Crippen LogP contribution is 2.57. The first-order chi connectivity index (χ1) is 25.6. The van der Waals surface area contributed by atoms with Crippen molar-refractivity contribution in [3.05, 3.63) is 124 Å². The molecule has 9 heteroatoms. The maximum atomic E-state index is 7.16. The summed E-state index contributed by atoms with van der Waals surface area (Å²) in [7, 11) is -7.87. The van der Waals surface area contributed by atoms with Gasteiger partial charge >= 0.3 is 0 Å². The fraction of sp³-hybridized carbons (Fsp3) is 0.478. The number of benzene rings is 4. The molecular formula is C46H64O5Si4. The minimum atomic E-state index is -2.28. The average Bonchev–Trinajstić information content (AvgIpc) is 4.03. The average molecular weight is 809 g/mol. The number of hydrogen-bond acceptors (Lipinski definition) is 5. The molecular weight excluding hydrogens is 745 g/mol. The van der Waals surface area contributed by atoms with Gasteiger partial charge in [-0.05, 0) is 134 Å². The van der Waals surface area contributed by atoms with Crippen LogP contribution in [-0.2, 0) is 34.6 Å². The van der Waals surface area contributed by atoms with E-state index in [2.05, 4.69) is 171 Å². The van der Waals surface area contributed by atoms with Crippen LogP contribution in [0.5, 0.6) is 5.75 Å². The molecule has 294 valence electrons. The molecule has 5 nitrogen and oxygen atoms in total. The zero-order valence-corrected chi connectivity index (χ0v) is 39.7. The van der Waals surface area contributed by atoms with E-state index in [-0.39, 0.29) is 17.2 Å². The van der Waals surface area contributed by atoms with Gasteiger partial charge in [-0.25, -0.2) is 0 Å². The van der Waals surface area contributed by atoms with Crippen LogP contribution in [0.3, 0.4) is 0 Å². The molecule has 2 saturated heterocycles. The standard InChI is InChI=1S/C46H64O5Si4/c1-32(54(10,11)50-52(4,5)6)26-33-27-34(23-25-43(33)48-30-36-29-47-36)46(40-20-16-14-18-37(40)38-19-15-17-21-41(38)46)35-22-24-39(44-31-49-44)42(28-35)45(2,3)55(12,13)51-53(7,8)9/h14-25,27-28,32,36,44H,26,29-31H2,1-13H3. The third-order valence-corrected chi connectivity index (χ3v) is 27.4. The van der Waals surface area contributed by atoms with E-state index in [1.165, 1.54) is 50.1 Å². The van der Waals surface area contributed by atoms with Crippen molar-refractivity contribution < 1.29 is 22.4 Å². The molecule has 2 fully saturated rings. The highest BCUT2D eigenvalue weighted by Gasteiger charge is 2.50. The van der Waals surface area contributed by atoms with Gasteiger partial charge in [0, 0.05) is 5.04 Å². The molecule has 0 radical (unpaired) electrons. The molecule has 2 aliphatic heterocycles. The molecule has 3 unspecified atom stereocenters. The Morgan fingerprint density at radius 2 is 1.25 bits per heavy atom. The van der Waals surface area contributed by atoms with Crippen molar-refractivity contribution in [3.8, 4) is 16.9 Å². The SMILES string of the molecule is CC(Cc1cc(C2(c3ccc(C4CO4)c(C(C)(C)[Si](C)(C)O[Si](C)(C)C)c3)c3ccccc3-c3ccccc32)ccc1OCC1CO1)[Si](C)(C)O[Si](C)(C)C. The van der Waals surface area contributed by atoms with Gasteiger partial charge in [-0.15, -0.1) is 0 Å². The van der Waals surface area contributed by atoms with E-state index in [4.69, 9.17) is 22.4 Å². The first kappa shape index (κ1) is 40.6. The quantitative estimate of drug-likeness (QED) is 0.0779. The van der Waals surface area contributed by atoms with Crippen molar-refractivity contribution >= 4 is 33.3 Å². The van der Waals surface area contributed by atoms with Gasteiger partial charge in [0.1, 0.15) is 24.6 Å². The molecule has 0 bridgehead atoms. The maximum Gasteiger partial charge on any atom is 0.183 e. The molecule has 4 aromatic carbocycles. The molecule has 0 spiro atoms. The number of epoxide rings is 2. The van der Waals surface area contributed by atoms with E-state index in [1.54, 1.807) is 0 Å². The molecule has 0 amide bonds. The predicted octanol–water partition coefficient (Wildman–Crippen LogP) is 11.8. The van der Waals surface area contributed by atoms with Crippen molar-refractivity contribution in [2.75, 3.05) is 19.8 Å². The predicted molar refractivity (Wildman–Crippen MR) is 238 cm³/mol. The summed E-state index contributed by atoms with van der Waals surface area (Å²) in [6.07, 6.45) is 1.20. The molecule has 4 aromatic rings. The molecule has 0 N–H and O–H groups in total. The third-order valence-electron chi connectivity index (χ3n) is 12.5. The Kier molecular flexibility index (Phi) is 10.6. The minimum absolute atomic E-state index is 0.130. The Morgan fingerprint density at radius 1 is 0.709 bits per heavy atom. The van der Waals surface area contributed by atoms with Gasteiger partial charge in [0.25, 0.3) is 0 Å². The second-order valence-corrected chi connectivity index (χ2v) is 38.4. The Hall–Kier alpha value is -2.61. The van der Waals surface area contributed by atoms with E-state index in [1.807, 2.05) is 0 Å². The maximum absolute atomic E-state index is 7.16. The van der Waals surface area contributed by atoms with Gasteiger partial charge in [0.2, 0.25) is 0 Å². The van der Waals surface area contributed by atoms with Crippen molar-refractivity contribution in [2.45, 2.75) is 121 Å². The Balaban J connectivity index is 1.46. The summed E-state index contributed by atoms with van der Waals surface area (Å²) in [5.74, 6) is 0.956. The molecule has 0 aromatic heterocycles. The minimum Gasteiger partial charge on any atom is -0.491 e. The highest BCUT2D eigenvalue weighted by atomic mass is 28.4. The van der Waals surface area contributed by atoms with Gasteiger partial charge in [0.05, 0.1) is 18.6 Å². The fourth-order valence-corrected chi connectivity index (χ4v) is 24.8. The summed E-state index contributed by atoms with van der Waals surface area (Å²) >= 11 is 0. The summed E-state index contributed by atoms with van der Waals surface area (Å²) < 4.78 is 32.4. The molecule has 2 heterocycles. The van der Waals surface area contributed by atoms with Gasteiger partial charge in [0.15, 0.2) is 33.3 Å². The molecule has 1 aliphatic carbocycles. The van der Waals surface area contributed by atoms with E-state index in [9.17, 15) is 0 Å². The zero-order chi connectivity index (χ0) is 39.8. The number of ether oxygens (including phenoxy) is 3. The van der Waals surface area contributed by atoms with E-state index < -0.39 is 38.7 Å². The largest absolute Gasteiger partial charge is 0.491 e. The summed E-state index contributed by atoms with van der Waals surface area (Å²) in [5.41, 5.74) is 11.5. The topological polar surface area (TPSA) is 52.8 Å². The van der Waals surface area contributed by atoms with E-state index >= 15 is 0 Å². The lowest BCUT2D eigenvalue weighted by Crippen LogP contribution is -2.55. The van der Waals surface area contributed by atoms with Crippen LogP contribution < -0.4 is 4.74 Å². The summed E-state index contributed by atoms with van der Waals surface area (Å²) in [4.78, 5) is 0. The summed E-state index contributed by atoms with van der Waals surface area (Å²) in [6, 6.07) is 32.5. The van der Waals surface area contributed by atoms with Gasteiger partial charge < -0.3 is 22.4 Å². The second-order valence-electron chi connectivity index (χ2n) is 19.8. The van der Waals surface area contributed by atoms with Crippen molar-refractivity contribution in [1.82, 2.24) is 0 Å². The molecule has 0 saturated carbocycles. The van der Waals surface area contributed by atoms with Gasteiger partial charge in [-0.3, -0.25) is 0 Å². The number of hydrogen-bond donors (Lipinski definition) is 0. The molecule has 7 rings (SSSR count). The van der Waals surface area contributed by atoms with Crippen LogP contribution in [0.2, 0.25) is 71.0 Å². The van der Waals surface area contributed by atoms with Crippen LogP contribution in [0.1, 0.15) is 65.8 Å². The molecule has 3 atom stereocenters. The van der Waals surface area contributed by atoms with Gasteiger partial charge in [-0.1, -0.05) is 99.6 Å². The fourth-order valence-electron chi connectivity index (χ4n) is 9.01. The summed E-state index contributed by atoms with van der Waals surface area (Å²) in [6.45, 7) is 32.9. The highest BCUT2D eigenvalue weighted by molar-refractivity contribution is 6.86. The lowest BCUT2D eigenvalue weighted by molar-refractivity contribution is 0.261. The Labute approximate surface area is 335 Å². The zero-order valence-electron chi connectivity index (χ0n) is 35.7. The smallest absolute Gasteiger partial charge is 0.183 e. The lowest BCUT2D eigenvalue weighted by Gasteiger charge is -2.45. The van der Waals surface area contributed by atoms with Crippen molar-refractivity contribution in [1.29, 1.82) is 0 Å². The van der Waals surface area contributed by atoms with Crippen molar-refractivity contribution in [2.24, 2.45) is 0 Å². The lowest BCUT2D eigenvalue weighted by atomic mass is 9.66. The first-order valence-electron chi connectivity index (χ1n) is 20.4. The summed E-state index contributed by atoms with van der Waals surface area (Å²) in [5, 5.41) is -0.181. The normalized spacial score (nSPS) is 19.8. The monoisotopic (exact) mass is 808 g/mol. The van der Waals surface area contributed by atoms with Gasteiger partial charge in [-0.2, -0.15) is 0 Å².